The van der Waals surface area contributed by atoms with Crippen LogP contribution in [0.1, 0.15) is 23.8 Å². The highest BCUT2D eigenvalue weighted by molar-refractivity contribution is 7.98. The van der Waals surface area contributed by atoms with Crippen LogP contribution in [0.15, 0.2) is 23.0 Å². The third kappa shape index (κ3) is 3.73. The van der Waals surface area contributed by atoms with E-state index in [1.54, 1.807) is 23.9 Å². The summed E-state index contributed by atoms with van der Waals surface area (Å²) in [5, 5.41) is 2.88. The van der Waals surface area contributed by atoms with Gasteiger partial charge in [-0.3, -0.25) is 9.59 Å². The Morgan fingerprint density at radius 2 is 2.31 bits per heavy atom. The smallest absolute Gasteiger partial charge is 0.268 e. The fourth-order valence-electron chi connectivity index (χ4n) is 1.31. The molecule has 0 aromatic carbocycles. The van der Waals surface area contributed by atoms with Gasteiger partial charge in [-0.15, -0.1) is 0 Å². The van der Waals surface area contributed by atoms with Gasteiger partial charge in [0.2, 0.25) is 5.56 Å². The summed E-state index contributed by atoms with van der Waals surface area (Å²) in [7, 11) is 0. The Hall–Kier alpha value is -1.23. The standard InChI is InChI=1S/C11H16N2O2S/c1-3-8(7-16-2)12-11(15)9-5-4-6-10(14)13-9/h4-6,8H,3,7H2,1-2H3,(H,12,15)(H,13,14). The largest absolute Gasteiger partial charge is 0.347 e. The molecule has 0 saturated heterocycles. The van der Waals surface area contributed by atoms with Gasteiger partial charge < -0.3 is 10.3 Å². The first-order valence-electron chi connectivity index (χ1n) is 5.16. The predicted octanol–water partition coefficient (Wildman–Crippen LogP) is 1.25. The van der Waals surface area contributed by atoms with E-state index in [1.165, 1.54) is 6.07 Å². The molecule has 0 bridgehead atoms. The van der Waals surface area contributed by atoms with E-state index in [-0.39, 0.29) is 17.5 Å². The van der Waals surface area contributed by atoms with E-state index in [0.29, 0.717) is 5.69 Å². The van der Waals surface area contributed by atoms with Gasteiger partial charge in [0.15, 0.2) is 0 Å². The lowest BCUT2D eigenvalue weighted by atomic mass is 10.2. The van der Waals surface area contributed by atoms with Gasteiger partial charge in [-0.2, -0.15) is 11.8 Å². The fraction of sp³-hybridized carbons (Fsp3) is 0.455. The summed E-state index contributed by atoms with van der Waals surface area (Å²) in [6.45, 7) is 2.02. The van der Waals surface area contributed by atoms with Gasteiger partial charge in [0.25, 0.3) is 5.91 Å². The Morgan fingerprint density at radius 3 is 2.88 bits per heavy atom. The molecule has 0 aliphatic carbocycles. The molecule has 1 atom stereocenters. The Bertz CT molecular complexity index is 403. The van der Waals surface area contributed by atoms with Crippen LogP contribution in [-0.2, 0) is 0 Å². The lowest BCUT2D eigenvalue weighted by Crippen LogP contribution is -2.37. The summed E-state index contributed by atoms with van der Waals surface area (Å²) in [5.74, 6) is 0.651. The van der Waals surface area contributed by atoms with Crippen molar-refractivity contribution in [1.82, 2.24) is 10.3 Å². The molecule has 1 amide bonds. The van der Waals surface area contributed by atoms with Gasteiger partial charge in [-0.05, 0) is 18.7 Å². The molecular weight excluding hydrogens is 224 g/mol. The Balaban J connectivity index is 2.67. The number of rotatable bonds is 5. The molecule has 5 heteroatoms. The summed E-state index contributed by atoms with van der Waals surface area (Å²) in [4.78, 5) is 25.3. The van der Waals surface area contributed by atoms with Crippen molar-refractivity contribution >= 4 is 17.7 Å². The molecule has 0 aliphatic rings. The minimum Gasteiger partial charge on any atom is -0.347 e. The summed E-state index contributed by atoms with van der Waals surface area (Å²) in [5.41, 5.74) is 0.0534. The number of carbonyl (C=O) groups excluding carboxylic acids is 1. The third-order valence-electron chi connectivity index (χ3n) is 2.21. The summed E-state index contributed by atoms with van der Waals surface area (Å²) >= 11 is 1.69. The number of aromatic nitrogens is 1. The van der Waals surface area contributed by atoms with Gasteiger partial charge in [-0.25, -0.2) is 0 Å². The van der Waals surface area contributed by atoms with Crippen molar-refractivity contribution in [3.05, 3.63) is 34.2 Å². The lowest BCUT2D eigenvalue weighted by Gasteiger charge is -2.15. The maximum Gasteiger partial charge on any atom is 0.268 e. The number of carbonyl (C=O) groups is 1. The number of aromatic amines is 1. The van der Waals surface area contributed by atoms with Crippen LogP contribution in [0.4, 0.5) is 0 Å². The van der Waals surface area contributed by atoms with Crippen molar-refractivity contribution < 1.29 is 4.79 Å². The van der Waals surface area contributed by atoms with E-state index >= 15 is 0 Å². The fourth-order valence-corrected chi connectivity index (χ4v) is 2.03. The molecule has 0 spiro atoms. The van der Waals surface area contributed by atoms with Crippen LogP contribution in [0, 0.1) is 0 Å². The first-order valence-corrected chi connectivity index (χ1v) is 6.56. The van der Waals surface area contributed by atoms with Crippen molar-refractivity contribution in [2.45, 2.75) is 19.4 Å². The van der Waals surface area contributed by atoms with Gasteiger partial charge in [0, 0.05) is 17.9 Å². The number of pyridine rings is 1. The average Bonchev–Trinajstić information content (AvgIpc) is 2.28. The second kappa shape index (κ2) is 6.37. The van der Waals surface area contributed by atoms with Crippen LogP contribution >= 0.6 is 11.8 Å². The highest BCUT2D eigenvalue weighted by atomic mass is 32.2. The molecule has 88 valence electrons. The molecule has 4 nitrogen and oxygen atoms in total. The SMILES string of the molecule is CCC(CSC)NC(=O)c1cccc(=O)[nH]1. The van der Waals surface area contributed by atoms with Crippen molar-refractivity contribution in [2.75, 3.05) is 12.0 Å². The highest BCUT2D eigenvalue weighted by Crippen LogP contribution is 2.02. The minimum atomic E-state index is -0.259. The second-order valence-corrected chi connectivity index (χ2v) is 4.37. The molecule has 1 aromatic rings. The van der Waals surface area contributed by atoms with Crippen molar-refractivity contribution in [2.24, 2.45) is 0 Å². The third-order valence-corrected chi connectivity index (χ3v) is 2.94. The number of H-pyrrole nitrogens is 1. The van der Waals surface area contributed by atoms with Gasteiger partial charge in [0.05, 0.1) is 0 Å². The van der Waals surface area contributed by atoms with Crippen LogP contribution in [0.25, 0.3) is 0 Å². The van der Waals surface area contributed by atoms with Crippen LogP contribution in [-0.4, -0.2) is 28.9 Å². The van der Waals surface area contributed by atoms with Gasteiger partial charge >= 0.3 is 0 Å². The molecule has 1 rings (SSSR count). The van der Waals surface area contributed by atoms with Crippen LogP contribution in [0.2, 0.25) is 0 Å². The minimum absolute atomic E-state index is 0.145. The zero-order chi connectivity index (χ0) is 12.0. The molecule has 1 heterocycles. The quantitative estimate of drug-likeness (QED) is 0.814. The lowest BCUT2D eigenvalue weighted by molar-refractivity contribution is 0.0934. The number of hydrogen-bond donors (Lipinski definition) is 2. The van der Waals surface area contributed by atoms with E-state index in [4.69, 9.17) is 0 Å². The summed E-state index contributed by atoms with van der Waals surface area (Å²) in [6, 6.07) is 4.70. The Morgan fingerprint density at radius 1 is 1.56 bits per heavy atom. The highest BCUT2D eigenvalue weighted by Gasteiger charge is 2.11. The first kappa shape index (κ1) is 12.8. The monoisotopic (exact) mass is 240 g/mol. The zero-order valence-corrected chi connectivity index (χ0v) is 10.3. The molecule has 16 heavy (non-hydrogen) atoms. The van der Waals surface area contributed by atoms with Crippen molar-refractivity contribution in [3.8, 4) is 0 Å². The van der Waals surface area contributed by atoms with Crippen molar-refractivity contribution in [3.63, 3.8) is 0 Å². The van der Waals surface area contributed by atoms with Gasteiger partial charge in [0.1, 0.15) is 5.69 Å². The number of hydrogen-bond acceptors (Lipinski definition) is 3. The molecule has 0 saturated carbocycles. The topological polar surface area (TPSA) is 62.0 Å². The zero-order valence-electron chi connectivity index (χ0n) is 9.45. The molecule has 0 aliphatic heterocycles. The molecule has 0 radical (unpaired) electrons. The van der Waals surface area contributed by atoms with Crippen LogP contribution < -0.4 is 10.9 Å². The normalized spacial score (nSPS) is 12.1. The summed E-state index contributed by atoms with van der Waals surface area (Å²) < 4.78 is 0. The van der Waals surface area contributed by atoms with Gasteiger partial charge in [-0.1, -0.05) is 13.0 Å². The molecule has 0 fully saturated rings. The van der Waals surface area contributed by atoms with E-state index in [0.717, 1.165) is 12.2 Å². The van der Waals surface area contributed by atoms with E-state index in [9.17, 15) is 9.59 Å². The number of nitrogens with one attached hydrogen (secondary N) is 2. The Kier molecular flexibility index (Phi) is 5.11. The molecule has 1 unspecified atom stereocenters. The number of thioether (sulfide) groups is 1. The van der Waals surface area contributed by atoms with E-state index in [2.05, 4.69) is 10.3 Å². The molecule has 2 N–H and O–H groups in total. The maximum absolute atomic E-state index is 11.8. The number of amides is 1. The van der Waals surface area contributed by atoms with E-state index in [1.807, 2.05) is 13.2 Å². The second-order valence-electron chi connectivity index (χ2n) is 3.46. The van der Waals surface area contributed by atoms with E-state index < -0.39 is 0 Å². The molecule has 1 aromatic heterocycles. The van der Waals surface area contributed by atoms with Crippen molar-refractivity contribution in [1.29, 1.82) is 0 Å². The van der Waals surface area contributed by atoms with Crippen LogP contribution in [0.3, 0.4) is 0 Å². The predicted molar refractivity (Wildman–Crippen MR) is 67.0 cm³/mol. The van der Waals surface area contributed by atoms with Crippen LogP contribution in [0.5, 0.6) is 0 Å². The summed E-state index contributed by atoms with van der Waals surface area (Å²) in [6.07, 6.45) is 2.88. The average molecular weight is 240 g/mol. The maximum atomic E-state index is 11.8. The first-order chi connectivity index (χ1) is 7.67. The Labute approximate surface area is 98.8 Å². The molecular formula is C11H16N2O2S.